The largest absolute Gasteiger partial charge is 0.469 e. The highest BCUT2D eigenvalue weighted by Gasteiger charge is 2.28. The Morgan fingerprint density at radius 3 is 2.61 bits per heavy atom. The third kappa shape index (κ3) is 4.33. The van der Waals surface area contributed by atoms with Crippen molar-refractivity contribution in [3.05, 3.63) is 45.3 Å². The molecule has 1 aliphatic rings. The number of benzene rings is 1. The van der Waals surface area contributed by atoms with Crippen LogP contribution in [0.3, 0.4) is 0 Å². The molecule has 0 aliphatic carbocycles. The monoisotopic (exact) mass is 407 g/mol. The number of nitrogens with zero attached hydrogens (tertiary/aromatic N) is 1. The van der Waals surface area contributed by atoms with Gasteiger partial charge >= 0.3 is 11.9 Å². The van der Waals surface area contributed by atoms with Crippen molar-refractivity contribution in [3.63, 3.8) is 0 Å². The van der Waals surface area contributed by atoms with Crippen LogP contribution in [0.1, 0.15) is 23.4 Å². The molecule has 2 heterocycles. The maximum Gasteiger partial charge on any atom is 0.374 e. The minimum atomic E-state index is -0.910. The number of hydrogen-bond donors (Lipinski definition) is 0. The normalized spacial score (nSPS) is 14.7. The first kappa shape index (κ1) is 19.9. The highest BCUT2D eigenvalue weighted by Crippen LogP contribution is 2.19. The summed E-state index contributed by atoms with van der Waals surface area (Å²) in [5, 5.41) is 0.616. The van der Waals surface area contributed by atoms with E-state index < -0.39 is 18.0 Å². The van der Waals surface area contributed by atoms with Gasteiger partial charge in [0, 0.05) is 24.2 Å². The van der Waals surface area contributed by atoms with E-state index in [1.165, 1.54) is 30.2 Å². The second kappa shape index (κ2) is 8.43. The van der Waals surface area contributed by atoms with Gasteiger partial charge in [-0.1, -0.05) is 11.6 Å². The van der Waals surface area contributed by atoms with Gasteiger partial charge in [0.25, 0.3) is 5.91 Å². The van der Waals surface area contributed by atoms with Crippen molar-refractivity contribution in [1.82, 2.24) is 4.90 Å². The van der Waals surface area contributed by atoms with Crippen molar-refractivity contribution in [3.8, 4) is 0 Å². The van der Waals surface area contributed by atoms with Gasteiger partial charge in [0.2, 0.25) is 5.76 Å². The van der Waals surface area contributed by atoms with E-state index in [1.807, 2.05) is 0 Å². The molecule has 0 radical (unpaired) electrons. The number of fused-ring (bicyclic) bond motifs is 1. The lowest BCUT2D eigenvalue weighted by molar-refractivity contribution is -0.149. The van der Waals surface area contributed by atoms with Crippen molar-refractivity contribution in [2.24, 2.45) is 5.92 Å². The molecule has 148 valence electrons. The highest BCUT2D eigenvalue weighted by atomic mass is 35.5. The SMILES string of the molecule is COC(=O)C1CCN(C(=O)COC(=O)c2cc(=O)c3cc(Cl)ccc3o2)CC1. The van der Waals surface area contributed by atoms with Crippen LogP contribution in [-0.2, 0) is 19.1 Å². The number of carbonyl (C=O) groups excluding carboxylic acids is 3. The Morgan fingerprint density at radius 2 is 1.93 bits per heavy atom. The maximum absolute atomic E-state index is 12.2. The lowest BCUT2D eigenvalue weighted by Crippen LogP contribution is -2.42. The second-order valence-electron chi connectivity index (χ2n) is 6.37. The van der Waals surface area contributed by atoms with Gasteiger partial charge in [-0.3, -0.25) is 14.4 Å². The molecule has 28 heavy (non-hydrogen) atoms. The minimum absolute atomic E-state index is 0.194. The predicted molar refractivity (Wildman–Crippen MR) is 99.1 cm³/mol. The molecule has 0 spiro atoms. The summed E-state index contributed by atoms with van der Waals surface area (Å²) in [4.78, 5) is 49.5. The van der Waals surface area contributed by atoms with Crippen molar-refractivity contribution in [2.75, 3.05) is 26.8 Å². The average molecular weight is 408 g/mol. The summed E-state index contributed by atoms with van der Waals surface area (Å²) in [6.07, 6.45) is 0.989. The van der Waals surface area contributed by atoms with Crippen LogP contribution in [-0.4, -0.2) is 49.6 Å². The topological polar surface area (TPSA) is 103 Å². The number of methoxy groups -OCH3 is 1. The predicted octanol–water partition coefficient (Wildman–Crippen LogP) is 2.01. The smallest absolute Gasteiger partial charge is 0.374 e. The van der Waals surface area contributed by atoms with E-state index in [-0.39, 0.29) is 34.5 Å². The Kier molecular flexibility index (Phi) is 5.99. The first-order valence-corrected chi connectivity index (χ1v) is 9.03. The zero-order chi connectivity index (χ0) is 20.3. The molecule has 0 atom stereocenters. The molecular formula is C19H18ClNO7. The molecule has 3 rings (SSSR count). The number of likely N-dealkylation sites (tertiary alicyclic amines) is 1. The fourth-order valence-electron chi connectivity index (χ4n) is 3.05. The van der Waals surface area contributed by atoms with Crippen molar-refractivity contribution >= 4 is 40.4 Å². The van der Waals surface area contributed by atoms with E-state index in [2.05, 4.69) is 0 Å². The summed E-state index contributed by atoms with van der Waals surface area (Å²) < 4.78 is 15.1. The zero-order valence-corrected chi connectivity index (χ0v) is 15.9. The van der Waals surface area contributed by atoms with Crippen LogP contribution in [0.2, 0.25) is 5.02 Å². The van der Waals surface area contributed by atoms with Gasteiger partial charge < -0.3 is 18.8 Å². The molecule has 1 aromatic heterocycles. The van der Waals surface area contributed by atoms with E-state index in [9.17, 15) is 19.2 Å². The Morgan fingerprint density at radius 1 is 1.21 bits per heavy atom. The fourth-order valence-corrected chi connectivity index (χ4v) is 3.22. The van der Waals surface area contributed by atoms with Gasteiger partial charge in [-0.2, -0.15) is 0 Å². The van der Waals surface area contributed by atoms with Crippen LogP contribution >= 0.6 is 11.6 Å². The van der Waals surface area contributed by atoms with Crippen LogP contribution in [0.25, 0.3) is 11.0 Å². The van der Waals surface area contributed by atoms with Gasteiger partial charge in [-0.25, -0.2) is 4.79 Å². The summed E-state index contributed by atoms with van der Waals surface area (Å²) in [5.41, 5.74) is -0.244. The molecule has 2 aromatic rings. The average Bonchev–Trinajstić information content (AvgIpc) is 2.71. The summed E-state index contributed by atoms with van der Waals surface area (Å²) in [5.74, 6) is -2.10. The van der Waals surface area contributed by atoms with Crippen molar-refractivity contribution in [2.45, 2.75) is 12.8 Å². The van der Waals surface area contributed by atoms with Crippen molar-refractivity contribution < 1.29 is 28.3 Å². The fraction of sp³-hybridized carbons (Fsp3) is 0.368. The van der Waals surface area contributed by atoms with Gasteiger partial charge in [0.15, 0.2) is 12.0 Å². The molecule has 1 aliphatic heterocycles. The molecule has 1 fully saturated rings. The number of halogens is 1. The Labute approximate surface area is 164 Å². The number of ether oxygens (including phenoxy) is 2. The van der Waals surface area contributed by atoms with Gasteiger partial charge in [0.05, 0.1) is 18.4 Å². The van der Waals surface area contributed by atoms with Crippen LogP contribution in [0.4, 0.5) is 0 Å². The van der Waals surface area contributed by atoms with Gasteiger partial charge in [0.1, 0.15) is 5.58 Å². The number of esters is 2. The number of carbonyl (C=O) groups is 3. The molecule has 1 aromatic carbocycles. The second-order valence-corrected chi connectivity index (χ2v) is 6.81. The van der Waals surface area contributed by atoms with E-state index >= 15 is 0 Å². The zero-order valence-electron chi connectivity index (χ0n) is 15.1. The molecule has 0 bridgehead atoms. The van der Waals surface area contributed by atoms with Crippen LogP contribution in [0.5, 0.6) is 0 Å². The first-order valence-electron chi connectivity index (χ1n) is 8.65. The third-order valence-corrected chi connectivity index (χ3v) is 4.83. The van der Waals surface area contributed by atoms with E-state index in [0.717, 1.165) is 6.07 Å². The molecule has 1 saturated heterocycles. The van der Waals surface area contributed by atoms with Crippen LogP contribution in [0, 0.1) is 5.92 Å². The minimum Gasteiger partial charge on any atom is -0.469 e. The number of piperidine rings is 1. The van der Waals surface area contributed by atoms with Crippen LogP contribution in [0.15, 0.2) is 33.5 Å². The highest BCUT2D eigenvalue weighted by molar-refractivity contribution is 6.31. The quantitative estimate of drug-likeness (QED) is 0.714. The Hall–Kier alpha value is -2.87. The lowest BCUT2D eigenvalue weighted by Gasteiger charge is -2.30. The number of hydrogen-bond acceptors (Lipinski definition) is 7. The maximum atomic E-state index is 12.2. The summed E-state index contributed by atoms with van der Waals surface area (Å²) >= 11 is 5.85. The van der Waals surface area contributed by atoms with E-state index in [4.69, 9.17) is 25.5 Å². The molecule has 8 nitrogen and oxygen atoms in total. The Balaban J connectivity index is 1.59. The Bertz CT molecular complexity index is 976. The molecule has 0 saturated carbocycles. The molecule has 0 unspecified atom stereocenters. The van der Waals surface area contributed by atoms with E-state index in [0.29, 0.717) is 31.0 Å². The van der Waals surface area contributed by atoms with Gasteiger partial charge in [-0.05, 0) is 31.0 Å². The van der Waals surface area contributed by atoms with Crippen molar-refractivity contribution in [1.29, 1.82) is 0 Å². The summed E-state index contributed by atoms with van der Waals surface area (Å²) in [6.45, 7) is 0.272. The molecular weight excluding hydrogens is 390 g/mol. The molecule has 0 N–H and O–H groups in total. The molecule has 9 heteroatoms. The number of amides is 1. The number of rotatable bonds is 4. The van der Waals surface area contributed by atoms with E-state index in [1.54, 1.807) is 0 Å². The third-order valence-electron chi connectivity index (χ3n) is 4.60. The molecule has 1 amide bonds. The summed E-state index contributed by atoms with van der Waals surface area (Å²) in [7, 11) is 1.33. The van der Waals surface area contributed by atoms with Gasteiger partial charge in [-0.15, -0.1) is 0 Å². The lowest BCUT2D eigenvalue weighted by atomic mass is 9.97. The van der Waals surface area contributed by atoms with Crippen LogP contribution < -0.4 is 5.43 Å². The summed E-state index contributed by atoms with van der Waals surface area (Å²) in [6, 6.07) is 5.46. The standard InChI is InChI=1S/C19H18ClNO7/c1-26-18(24)11-4-6-21(7-5-11)17(23)10-27-19(25)16-9-14(22)13-8-12(20)2-3-15(13)28-16/h2-3,8-9,11H,4-7,10H2,1H3. The first-order chi connectivity index (χ1) is 13.4.